The van der Waals surface area contributed by atoms with Crippen molar-refractivity contribution in [2.24, 2.45) is 0 Å². The molecule has 2 rings (SSSR count). The van der Waals surface area contributed by atoms with E-state index >= 15 is 0 Å². The van der Waals surface area contributed by atoms with Crippen molar-refractivity contribution in [1.29, 1.82) is 0 Å². The number of carbonyl (C=O) groups excluding carboxylic acids is 1. The van der Waals surface area contributed by atoms with Gasteiger partial charge in [-0.2, -0.15) is 0 Å². The van der Waals surface area contributed by atoms with Gasteiger partial charge < -0.3 is 14.6 Å². The highest BCUT2D eigenvalue weighted by Gasteiger charge is 2.22. The van der Waals surface area contributed by atoms with Crippen LogP contribution in [0.5, 0.6) is 0 Å². The largest absolute Gasteiger partial charge is 0.469 e. The van der Waals surface area contributed by atoms with Gasteiger partial charge in [-0.1, -0.05) is 13.3 Å². The van der Waals surface area contributed by atoms with E-state index in [1.165, 1.54) is 12.8 Å². The van der Waals surface area contributed by atoms with Gasteiger partial charge in [0.1, 0.15) is 5.76 Å². The van der Waals surface area contributed by atoms with Crippen LogP contribution in [0.25, 0.3) is 0 Å². The third-order valence-electron chi connectivity index (χ3n) is 3.72. The molecule has 4 heteroatoms. The number of nitrogens with one attached hydrogen (secondary N) is 1. The Kier molecular flexibility index (Phi) is 5.02. The maximum Gasteiger partial charge on any atom is 0.257 e. The Hall–Kier alpha value is -1.29. The lowest BCUT2D eigenvalue weighted by atomic mass is 10.0. The van der Waals surface area contributed by atoms with Gasteiger partial charge in [0, 0.05) is 19.1 Å². The van der Waals surface area contributed by atoms with Crippen LogP contribution in [0.1, 0.15) is 48.7 Å². The normalized spacial score (nSPS) is 19.4. The molecule has 0 bridgehead atoms. The number of amides is 1. The third-order valence-corrected chi connectivity index (χ3v) is 3.72. The van der Waals surface area contributed by atoms with E-state index in [9.17, 15) is 4.79 Å². The van der Waals surface area contributed by atoms with E-state index in [0.29, 0.717) is 17.4 Å². The smallest absolute Gasteiger partial charge is 0.257 e. The summed E-state index contributed by atoms with van der Waals surface area (Å²) in [6.07, 6.45) is 6.24. The topological polar surface area (TPSA) is 45.5 Å². The molecule has 0 saturated carbocycles. The van der Waals surface area contributed by atoms with Gasteiger partial charge in [0.2, 0.25) is 0 Å². The summed E-state index contributed by atoms with van der Waals surface area (Å²) >= 11 is 0. The van der Waals surface area contributed by atoms with Gasteiger partial charge in [-0.15, -0.1) is 0 Å². The molecule has 1 aromatic rings. The molecule has 1 aliphatic rings. The van der Waals surface area contributed by atoms with Crippen molar-refractivity contribution in [2.45, 2.75) is 45.6 Å². The quantitative estimate of drug-likeness (QED) is 0.889. The third kappa shape index (κ3) is 3.60. The summed E-state index contributed by atoms with van der Waals surface area (Å²) in [7, 11) is 0. The van der Waals surface area contributed by atoms with E-state index in [1.807, 2.05) is 11.8 Å². The zero-order valence-corrected chi connectivity index (χ0v) is 11.9. The van der Waals surface area contributed by atoms with Crippen molar-refractivity contribution in [1.82, 2.24) is 10.2 Å². The number of furan rings is 1. The minimum absolute atomic E-state index is 0.0977. The second kappa shape index (κ2) is 6.75. The van der Waals surface area contributed by atoms with Crippen LogP contribution in [-0.4, -0.2) is 36.5 Å². The SMILES string of the molecule is CCCN(CC1CCCCN1)C(=O)c1ccoc1C. The minimum atomic E-state index is 0.0977. The predicted molar refractivity (Wildman–Crippen MR) is 75.3 cm³/mol. The summed E-state index contributed by atoms with van der Waals surface area (Å²) in [4.78, 5) is 14.5. The van der Waals surface area contributed by atoms with Crippen LogP contribution < -0.4 is 5.32 Å². The first-order valence-electron chi connectivity index (χ1n) is 7.29. The van der Waals surface area contributed by atoms with Gasteiger partial charge in [-0.25, -0.2) is 0 Å². The van der Waals surface area contributed by atoms with Crippen LogP contribution >= 0.6 is 0 Å². The molecule has 1 amide bonds. The number of carbonyl (C=O) groups is 1. The van der Waals surface area contributed by atoms with E-state index in [1.54, 1.807) is 12.3 Å². The van der Waals surface area contributed by atoms with Crippen molar-refractivity contribution in [3.8, 4) is 0 Å². The van der Waals surface area contributed by atoms with Crippen molar-refractivity contribution < 1.29 is 9.21 Å². The van der Waals surface area contributed by atoms with E-state index < -0.39 is 0 Å². The van der Waals surface area contributed by atoms with Crippen molar-refractivity contribution >= 4 is 5.91 Å². The molecule has 1 N–H and O–H groups in total. The average molecular weight is 264 g/mol. The van der Waals surface area contributed by atoms with Crippen LogP contribution in [0.3, 0.4) is 0 Å². The Morgan fingerprint density at radius 1 is 1.53 bits per heavy atom. The fourth-order valence-corrected chi connectivity index (χ4v) is 2.67. The second-order valence-corrected chi connectivity index (χ2v) is 5.29. The lowest BCUT2D eigenvalue weighted by Crippen LogP contribution is -2.46. The van der Waals surface area contributed by atoms with Gasteiger partial charge in [0.25, 0.3) is 5.91 Å². The molecule has 0 aliphatic carbocycles. The molecule has 1 unspecified atom stereocenters. The molecule has 19 heavy (non-hydrogen) atoms. The van der Waals surface area contributed by atoms with Crippen LogP contribution in [0, 0.1) is 6.92 Å². The average Bonchev–Trinajstić information content (AvgIpc) is 2.85. The lowest BCUT2D eigenvalue weighted by Gasteiger charge is -2.30. The number of piperidine rings is 1. The maximum atomic E-state index is 12.5. The highest BCUT2D eigenvalue weighted by molar-refractivity contribution is 5.95. The summed E-state index contributed by atoms with van der Waals surface area (Å²) in [5.41, 5.74) is 0.698. The Balaban J connectivity index is 2.02. The van der Waals surface area contributed by atoms with E-state index in [0.717, 1.165) is 32.5 Å². The molecule has 1 atom stereocenters. The van der Waals surface area contributed by atoms with E-state index in [-0.39, 0.29) is 5.91 Å². The first-order valence-corrected chi connectivity index (χ1v) is 7.29. The Morgan fingerprint density at radius 2 is 2.37 bits per heavy atom. The zero-order valence-electron chi connectivity index (χ0n) is 11.9. The van der Waals surface area contributed by atoms with Gasteiger partial charge in [0.15, 0.2) is 0 Å². The first-order chi connectivity index (χ1) is 9.22. The van der Waals surface area contributed by atoms with Crippen LogP contribution in [0.4, 0.5) is 0 Å². The lowest BCUT2D eigenvalue weighted by molar-refractivity contribution is 0.0730. The molecule has 1 saturated heterocycles. The molecule has 4 nitrogen and oxygen atoms in total. The summed E-state index contributed by atoms with van der Waals surface area (Å²) < 4.78 is 5.24. The molecular weight excluding hydrogens is 240 g/mol. The number of aryl methyl sites for hydroxylation is 1. The fraction of sp³-hybridized carbons (Fsp3) is 0.667. The summed E-state index contributed by atoms with van der Waals surface area (Å²) in [5, 5.41) is 3.51. The van der Waals surface area contributed by atoms with E-state index in [2.05, 4.69) is 12.2 Å². The number of hydrogen-bond donors (Lipinski definition) is 1. The van der Waals surface area contributed by atoms with E-state index in [4.69, 9.17) is 4.42 Å². The maximum absolute atomic E-state index is 12.5. The van der Waals surface area contributed by atoms with Crippen molar-refractivity contribution in [3.05, 3.63) is 23.7 Å². The van der Waals surface area contributed by atoms with Crippen molar-refractivity contribution in [3.63, 3.8) is 0 Å². The highest BCUT2D eigenvalue weighted by Crippen LogP contribution is 2.15. The number of rotatable bonds is 5. The molecule has 0 spiro atoms. The summed E-state index contributed by atoms with van der Waals surface area (Å²) in [5.74, 6) is 0.808. The molecular formula is C15H24N2O2. The fourth-order valence-electron chi connectivity index (χ4n) is 2.67. The molecule has 1 aliphatic heterocycles. The molecule has 0 aromatic carbocycles. The molecule has 106 valence electrons. The zero-order chi connectivity index (χ0) is 13.7. The Labute approximate surface area is 115 Å². The monoisotopic (exact) mass is 264 g/mol. The molecule has 0 radical (unpaired) electrons. The van der Waals surface area contributed by atoms with Gasteiger partial charge in [-0.3, -0.25) is 4.79 Å². The van der Waals surface area contributed by atoms with Crippen LogP contribution in [0.2, 0.25) is 0 Å². The van der Waals surface area contributed by atoms with Gasteiger partial charge >= 0.3 is 0 Å². The summed E-state index contributed by atoms with van der Waals surface area (Å²) in [6.45, 7) is 6.63. The van der Waals surface area contributed by atoms with Crippen LogP contribution in [0.15, 0.2) is 16.7 Å². The second-order valence-electron chi connectivity index (χ2n) is 5.29. The van der Waals surface area contributed by atoms with Crippen molar-refractivity contribution in [2.75, 3.05) is 19.6 Å². The first kappa shape index (κ1) is 14.1. The highest BCUT2D eigenvalue weighted by atomic mass is 16.3. The summed E-state index contributed by atoms with van der Waals surface area (Å²) in [6, 6.07) is 2.21. The number of nitrogens with zero attached hydrogens (tertiary/aromatic N) is 1. The predicted octanol–water partition coefficient (Wildman–Crippen LogP) is 2.58. The van der Waals surface area contributed by atoms with Gasteiger partial charge in [-0.05, 0) is 38.8 Å². The van der Waals surface area contributed by atoms with Gasteiger partial charge in [0.05, 0.1) is 11.8 Å². The molecule has 1 fully saturated rings. The molecule has 1 aromatic heterocycles. The van der Waals surface area contributed by atoms with Crippen LogP contribution in [-0.2, 0) is 0 Å². The minimum Gasteiger partial charge on any atom is -0.469 e. The Bertz CT molecular complexity index is 408. The Morgan fingerprint density at radius 3 is 2.95 bits per heavy atom. The number of hydrogen-bond acceptors (Lipinski definition) is 3. The molecule has 2 heterocycles. The standard InChI is InChI=1S/C15H24N2O2/c1-3-9-17(11-13-6-4-5-8-16-13)15(18)14-7-10-19-12(14)2/h7,10,13,16H,3-6,8-9,11H2,1-2H3.